The summed E-state index contributed by atoms with van der Waals surface area (Å²) in [7, 11) is 1.41. The number of benzene rings is 1. The monoisotopic (exact) mass is 270 g/mol. The van der Waals surface area contributed by atoms with Crippen LogP contribution in [-0.4, -0.2) is 30.8 Å². The van der Waals surface area contributed by atoms with Gasteiger partial charge in [0.05, 0.1) is 12.8 Å². The summed E-state index contributed by atoms with van der Waals surface area (Å²) in [6.07, 6.45) is 0.298. The molecular formula is C12H15FN2O4. The van der Waals surface area contributed by atoms with Crippen LogP contribution in [0, 0.1) is 5.82 Å². The second-order valence-electron chi connectivity index (χ2n) is 3.72. The van der Waals surface area contributed by atoms with E-state index in [1.807, 2.05) is 0 Å². The van der Waals surface area contributed by atoms with Crippen molar-refractivity contribution in [1.29, 1.82) is 0 Å². The minimum Gasteiger partial charge on any atom is -0.495 e. The molecule has 0 atom stereocenters. The van der Waals surface area contributed by atoms with Gasteiger partial charge in [-0.15, -0.1) is 0 Å². The van der Waals surface area contributed by atoms with Crippen LogP contribution in [0.25, 0.3) is 0 Å². The predicted octanol–water partition coefficient (Wildman–Crippen LogP) is 1.82. The summed E-state index contributed by atoms with van der Waals surface area (Å²) in [5, 5.41) is 13.3. The highest BCUT2D eigenvalue weighted by Gasteiger charge is 2.08. The van der Waals surface area contributed by atoms with E-state index in [2.05, 4.69) is 10.6 Å². The Morgan fingerprint density at radius 3 is 2.79 bits per heavy atom. The van der Waals surface area contributed by atoms with Crippen molar-refractivity contribution < 1.29 is 23.8 Å². The van der Waals surface area contributed by atoms with Crippen LogP contribution in [0.4, 0.5) is 14.9 Å². The maximum Gasteiger partial charge on any atom is 0.319 e. The number of amides is 2. The Morgan fingerprint density at radius 1 is 1.42 bits per heavy atom. The molecule has 0 heterocycles. The number of anilines is 1. The molecule has 19 heavy (non-hydrogen) atoms. The molecule has 0 aliphatic rings. The van der Waals surface area contributed by atoms with Crippen molar-refractivity contribution in [2.45, 2.75) is 12.8 Å². The van der Waals surface area contributed by atoms with Gasteiger partial charge in [0.25, 0.3) is 0 Å². The van der Waals surface area contributed by atoms with Crippen molar-refractivity contribution in [2.75, 3.05) is 19.0 Å². The average molecular weight is 270 g/mol. The Labute approximate surface area is 109 Å². The molecule has 0 aliphatic heterocycles. The van der Waals surface area contributed by atoms with E-state index < -0.39 is 17.8 Å². The first kappa shape index (κ1) is 14.7. The zero-order chi connectivity index (χ0) is 14.3. The number of aliphatic carboxylic acids is 1. The highest BCUT2D eigenvalue weighted by Crippen LogP contribution is 2.24. The number of hydrogen-bond acceptors (Lipinski definition) is 3. The van der Waals surface area contributed by atoms with Crippen LogP contribution in [0.15, 0.2) is 18.2 Å². The summed E-state index contributed by atoms with van der Waals surface area (Å²) in [5.41, 5.74) is 0.207. The Balaban J connectivity index is 2.47. The normalized spacial score (nSPS) is 9.79. The van der Waals surface area contributed by atoms with Crippen molar-refractivity contribution in [3.05, 3.63) is 24.0 Å². The van der Waals surface area contributed by atoms with E-state index in [1.165, 1.54) is 19.2 Å². The lowest BCUT2D eigenvalue weighted by Gasteiger charge is -2.10. The summed E-state index contributed by atoms with van der Waals surface area (Å²) < 4.78 is 18.0. The summed E-state index contributed by atoms with van der Waals surface area (Å²) in [6, 6.07) is 3.20. The van der Waals surface area contributed by atoms with E-state index >= 15 is 0 Å². The molecule has 0 aromatic heterocycles. The van der Waals surface area contributed by atoms with E-state index in [0.29, 0.717) is 12.2 Å². The minimum atomic E-state index is -0.922. The maximum absolute atomic E-state index is 13.0. The van der Waals surface area contributed by atoms with Crippen molar-refractivity contribution in [1.82, 2.24) is 5.32 Å². The zero-order valence-corrected chi connectivity index (χ0v) is 10.4. The molecule has 0 aliphatic carbocycles. The summed E-state index contributed by atoms with van der Waals surface area (Å²) in [6.45, 7) is 0.218. The van der Waals surface area contributed by atoms with Crippen LogP contribution in [0.3, 0.4) is 0 Å². The van der Waals surface area contributed by atoms with Gasteiger partial charge in [0.2, 0.25) is 0 Å². The number of halogens is 1. The Morgan fingerprint density at radius 2 is 2.16 bits per heavy atom. The van der Waals surface area contributed by atoms with Gasteiger partial charge in [-0.3, -0.25) is 4.79 Å². The number of methoxy groups -OCH3 is 1. The predicted molar refractivity (Wildman–Crippen MR) is 66.8 cm³/mol. The summed E-state index contributed by atoms with van der Waals surface area (Å²) >= 11 is 0. The summed E-state index contributed by atoms with van der Waals surface area (Å²) in [4.78, 5) is 21.8. The molecular weight excluding hydrogens is 255 g/mol. The van der Waals surface area contributed by atoms with Crippen molar-refractivity contribution >= 4 is 17.7 Å². The van der Waals surface area contributed by atoms with Crippen molar-refractivity contribution in [3.8, 4) is 5.75 Å². The van der Waals surface area contributed by atoms with E-state index in [1.54, 1.807) is 0 Å². The minimum absolute atomic E-state index is 0.0242. The number of rotatable bonds is 6. The van der Waals surface area contributed by atoms with Gasteiger partial charge < -0.3 is 20.5 Å². The Kier molecular flexibility index (Phi) is 5.59. The first-order valence-corrected chi connectivity index (χ1v) is 5.63. The molecule has 1 aromatic carbocycles. The number of carbonyl (C=O) groups excluding carboxylic acids is 1. The van der Waals surface area contributed by atoms with E-state index in [0.717, 1.165) is 6.07 Å². The SMILES string of the molecule is COc1ccc(F)cc1NC(=O)NCCCC(=O)O. The number of nitrogens with one attached hydrogen (secondary N) is 2. The van der Waals surface area contributed by atoms with E-state index in [4.69, 9.17) is 9.84 Å². The molecule has 0 spiro atoms. The lowest BCUT2D eigenvalue weighted by molar-refractivity contribution is -0.137. The maximum atomic E-state index is 13.0. The molecule has 2 amide bonds. The fourth-order valence-corrected chi connectivity index (χ4v) is 1.39. The largest absolute Gasteiger partial charge is 0.495 e. The second-order valence-corrected chi connectivity index (χ2v) is 3.72. The lowest BCUT2D eigenvalue weighted by Crippen LogP contribution is -2.30. The third kappa shape index (κ3) is 5.24. The van der Waals surface area contributed by atoms with Crippen molar-refractivity contribution in [2.24, 2.45) is 0 Å². The molecule has 0 unspecified atom stereocenters. The molecule has 3 N–H and O–H groups in total. The first-order chi connectivity index (χ1) is 9.02. The van der Waals surface area contributed by atoms with Gasteiger partial charge >= 0.3 is 12.0 Å². The molecule has 7 heteroatoms. The van der Waals surface area contributed by atoms with Crippen LogP contribution in [0.5, 0.6) is 5.75 Å². The van der Waals surface area contributed by atoms with Gasteiger partial charge in [-0.25, -0.2) is 9.18 Å². The number of carbonyl (C=O) groups is 2. The van der Waals surface area contributed by atoms with E-state index in [-0.39, 0.29) is 18.7 Å². The molecule has 0 saturated heterocycles. The lowest BCUT2D eigenvalue weighted by atomic mass is 10.3. The van der Waals surface area contributed by atoms with Crippen LogP contribution < -0.4 is 15.4 Å². The molecule has 104 valence electrons. The Bertz CT molecular complexity index is 465. The fourth-order valence-electron chi connectivity index (χ4n) is 1.39. The van der Waals surface area contributed by atoms with Gasteiger partial charge in [0.1, 0.15) is 11.6 Å². The van der Waals surface area contributed by atoms with Crippen LogP contribution >= 0.6 is 0 Å². The summed E-state index contributed by atoms with van der Waals surface area (Å²) in [5.74, 6) is -1.09. The second kappa shape index (κ2) is 7.20. The highest BCUT2D eigenvalue weighted by molar-refractivity contribution is 5.90. The van der Waals surface area contributed by atoms with Crippen LogP contribution in [0.2, 0.25) is 0 Å². The van der Waals surface area contributed by atoms with Gasteiger partial charge in [-0.2, -0.15) is 0 Å². The molecule has 1 rings (SSSR count). The average Bonchev–Trinajstić information content (AvgIpc) is 2.35. The first-order valence-electron chi connectivity index (χ1n) is 5.63. The van der Waals surface area contributed by atoms with Gasteiger partial charge in [0, 0.05) is 19.0 Å². The van der Waals surface area contributed by atoms with E-state index in [9.17, 15) is 14.0 Å². The molecule has 0 radical (unpaired) electrons. The number of carboxylic acids is 1. The fraction of sp³-hybridized carbons (Fsp3) is 0.333. The number of hydrogen-bond donors (Lipinski definition) is 3. The molecule has 1 aromatic rings. The number of carboxylic acid groups (broad SMARTS) is 1. The van der Waals surface area contributed by atoms with Crippen LogP contribution in [0.1, 0.15) is 12.8 Å². The molecule has 0 saturated carbocycles. The van der Waals surface area contributed by atoms with Gasteiger partial charge in [-0.05, 0) is 18.6 Å². The molecule has 6 nitrogen and oxygen atoms in total. The smallest absolute Gasteiger partial charge is 0.319 e. The quantitative estimate of drug-likeness (QED) is 0.688. The van der Waals surface area contributed by atoms with Crippen molar-refractivity contribution in [3.63, 3.8) is 0 Å². The van der Waals surface area contributed by atoms with Gasteiger partial charge in [0.15, 0.2) is 0 Å². The third-order valence-electron chi connectivity index (χ3n) is 2.26. The topological polar surface area (TPSA) is 87.7 Å². The van der Waals surface area contributed by atoms with Gasteiger partial charge in [-0.1, -0.05) is 0 Å². The van der Waals surface area contributed by atoms with Crippen LogP contribution in [-0.2, 0) is 4.79 Å². The molecule has 0 fully saturated rings. The number of ether oxygens (including phenoxy) is 1. The number of urea groups is 1. The highest BCUT2D eigenvalue weighted by atomic mass is 19.1. The standard InChI is InChI=1S/C12H15FN2O4/c1-19-10-5-4-8(13)7-9(10)15-12(18)14-6-2-3-11(16)17/h4-5,7H,2-3,6H2,1H3,(H,16,17)(H2,14,15,18). The third-order valence-corrected chi connectivity index (χ3v) is 2.26. The molecule has 0 bridgehead atoms. The zero-order valence-electron chi connectivity index (χ0n) is 10.4. The Hall–Kier alpha value is -2.31.